The molecule has 0 aliphatic carbocycles. The number of piperazine rings is 1. The summed E-state index contributed by atoms with van der Waals surface area (Å²) in [6, 6.07) is 29.2. The van der Waals surface area contributed by atoms with Gasteiger partial charge in [-0.15, -0.1) is 0 Å². The van der Waals surface area contributed by atoms with Crippen LogP contribution in [-0.4, -0.2) is 69.0 Å². The molecule has 5 heteroatoms. The molecular weight excluding hydrogens is 448 g/mol. The van der Waals surface area contributed by atoms with Gasteiger partial charge >= 0.3 is 0 Å². The first-order chi connectivity index (χ1) is 17.8. The minimum atomic E-state index is 0.325. The second-order valence-electron chi connectivity index (χ2n) is 9.87. The van der Waals surface area contributed by atoms with E-state index in [1.54, 1.807) is 14.2 Å². The molecule has 2 atom stereocenters. The molecule has 0 aromatic heterocycles. The molecule has 0 unspecified atom stereocenters. The number of fused-ring (bicyclic) bond motifs is 1. The molecule has 3 aromatic rings. The number of benzene rings is 3. The number of methoxy groups -OCH3 is 2. The van der Waals surface area contributed by atoms with E-state index in [-0.39, 0.29) is 0 Å². The number of ether oxygens (including phenoxy) is 3. The Morgan fingerprint density at radius 2 is 1.50 bits per heavy atom. The predicted molar refractivity (Wildman–Crippen MR) is 144 cm³/mol. The summed E-state index contributed by atoms with van der Waals surface area (Å²) in [4.78, 5) is 5.41. The summed E-state index contributed by atoms with van der Waals surface area (Å²) < 4.78 is 17.1. The van der Waals surface area contributed by atoms with Gasteiger partial charge in [-0.05, 0) is 42.6 Å². The summed E-state index contributed by atoms with van der Waals surface area (Å²) in [5.41, 5.74) is 3.90. The van der Waals surface area contributed by atoms with Crippen LogP contribution in [0.15, 0.2) is 78.9 Å². The zero-order valence-corrected chi connectivity index (χ0v) is 21.5. The highest BCUT2D eigenvalue weighted by atomic mass is 16.5. The van der Waals surface area contributed by atoms with Crippen LogP contribution < -0.4 is 9.47 Å². The van der Waals surface area contributed by atoms with Gasteiger partial charge in [0.1, 0.15) is 18.1 Å². The number of rotatable bonds is 10. The van der Waals surface area contributed by atoms with Gasteiger partial charge in [0.25, 0.3) is 0 Å². The Kier molecular flexibility index (Phi) is 8.22. The van der Waals surface area contributed by atoms with Gasteiger partial charge in [-0.2, -0.15) is 0 Å². The summed E-state index contributed by atoms with van der Waals surface area (Å²) >= 11 is 0. The van der Waals surface area contributed by atoms with Crippen molar-refractivity contribution in [2.24, 2.45) is 0 Å². The Bertz CT molecular complexity index is 1050. The summed E-state index contributed by atoms with van der Waals surface area (Å²) in [5, 5.41) is 0. The van der Waals surface area contributed by atoms with Gasteiger partial charge < -0.3 is 14.2 Å². The maximum Gasteiger partial charge on any atom is 0.127 e. The predicted octanol–water partition coefficient (Wildman–Crippen LogP) is 5.20. The Hall–Kier alpha value is -2.86. The first kappa shape index (κ1) is 24.8. The van der Waals surface area contributed by atoms with Crippen LogP contribution in [0.2, 0.25) is 0 Å². The monoisotopic (exact) mass is 486 g/mol. The average molecular weight is 487 g/mol. The Morgan fingerprint density at radius 1 is 0.806 bits per heavy atom. The van der Waals surface area contributed by atoms with Gasteiger partial charge in [0, 0.05) is 44.7 Å². The molecule has 0 amide bonds. The molecule has 0 N–H and O–H groups in total. The third-order valence-electron chi connectivity index (χ3n) is 7.70. The zero-order valence-electron chi connectivity index (χ0n) is 21.5. The van der Waals surface area contributed by atoms with Crippen molar-refractivity contribution in [3.8, 4) is 11.5 Å². The molecule has 2 heterocycles. The second-order valence-corrected chi connectivity index (χ2v) is 9.87. The van der Waals surface area contributed by atoms with E-state index in [4.69, 9.17) is 14.2 Å². The van der Waals surface area contributed by atoms with E-state index < -0.39 is 0 Å². The zero-order chi connectivity index (χ0) is 24.7. The lowest BCUT2D eigenvalue weighted by molar-refractivity contribution is 0.0374. The Labute approximate surface area is 215 Å². The average Bonchev–Trinajstić information content (AvgIpc) is 3.40. The molecular formula is C31H38N2O3. The normalized spacial score (nSPS) is 20.4. The van der Waals surface area contributed by atoms with E-state index in [0.29, 0.717) is 31.2 Å². The van der Waals surface area contributed by atoms with Gasteiger partial charge in [0.05, 0.1) is 19.3 Å². The highest BCUT2D eigenvalue weighted by Gasteiger charge is 2.42. The van der Waals surface area contributed by atoms with E-state index in [1.165, 1.54) is 30.5 Å². The third-order valence-corrected chi connectivity index (χ3v) is 7.70. The van der Waals surface area contributed by atoms with Crippen molar-refractivity contribution in [3.63, 3.8) is 0 Å². The van der Waals surface area contributed by atoms with Crippen LogP contribution in [0.1, 0.15) is 35.4 Å². The highest BCUT2D eigenvalue weighted by Crippen LogP contribution is 2.39. The molecule has 0 spiro atoms. The molecule has 0 saturated carbocycles. The molecule has 2 saturated heterocycles. The van der Waals surface area contributed by atoms with Crippen molar-refractivity contribution in [2.45, 2.75) is 37.4 Å². The van der Waals surface area contributed by atoms with Crippen molar-refractivity contribution in [3.05, 3.63) is 95.6 Å². The molecule has 0 radical (unpaired) electrons. The van der Waals surface area contributed by atoms with Gasteiger partial charge in [0.2, 0.25) is 0 Å². The second kappa shape index (κ2) is 11.9. The fourth-order valence-electron chi connectivity index (χ4n) is 6.10. The van der Waals surface area contributed by atoms with Gasteiger partial charge in [-0.25, -0.2) is 0 Å². The summed E-state index contributed by atoms with van der Waals surface area (Å²) in [6.07, 6.45) is 2.53. The van der Waals surface area contributed by atoms with Crippen LogP contribution in [0.25, 0.3) is 0 Å². The maximum absolute atomic E-state index is 6.12. The summed E-state index contributed by atoms with van der Waals surface area (Å²) in [7, 11) is 3.45. The van der Waals surface area contributed by atoms with E-state index in [0.717, 1.165) is 36.7 Å². The van der Waals surface area contributed by atoms with Crippen LogP contribution in [0.3, 0.4) is 0 Å². The third kappa shape index (κ3) is 5.44. The van der Waals surface area contributed by atoms with Crippen molar-refractivity contribution >= 4 is 0 Å². The van der Waals surface area contributed by atoms with Crippen molar-refractivity contribution in [1.29, 1.82) is 0 Å². The summed E-state index contributed by atoms with van der Waals surface area (Å²) in [5.74, 6) is 2.10. The van der Waals surface area contributed by atoms with E-state index in [9.17, 15) is 0 Å². The fourth-order valence-corrected chi connectivity index (χ4v) is 6.10. The molecule has 2 aliphatic rings. The SMILES string of the molecule is COCCOc1cccc(OC)c1CN1C[C@@H]2CCCN2[C@H](C(c2ccccc2)c2ccccc2)C1. The molecule has 190 valence electrons. The lowest BCUT2D eigenvalue weighted by Crippen LogP contribution is -2.57. The largest absolute Gasteiger partial charge is 0.496 e. The minimum Gasteiger partial charge on any atom is -0.496 e. The van der Waals surface area contributed by atoms with Crippen molar-refractivity contribution in [1.82, 2.24) is 9.80 Å². The number of hydrogen-bond donors (Lipinski definition) is 0. The van der Waals surface area contributed by atoms with Crippen LogP contribution >= 0.6 is 0 Å². The van der Waals surface area contributed by atoms with Gasteiger partial charge in [-0.3, -0.25) is 9.80 Å². The molecule has 36 heavy (non-hydrogen) atoms. The topological polar surface area (TPSA) is 34.2 Å². The molecule has 5 nitrogen and oxygen atoms in total. The molecule has 2 fully saturated rings. The van der Waals surface area contributed by atoms with Crippen LogP contribution in [0, 0.1) is 0 Å². The van der Waals surface area contributed by atoms with E-state index in [1.807, 2.05) is 18.2 Å². The smallest absolute Gasteiger partial charge is 0.127 e. The number of nitrogens with zero attached hydrogens (tertiary/aromatic N) is 2. The van der Waals surface area contributed by atoms with Gasteiger partial charge in [0.15, 0.2) is 0 Å². The lowest BCUT2D eigenvalue weighted by Gasteiger charge is -2.47. The van der Waals surface area contributed by atoms with Crippen LogP contribution in [-0.2, 0) is 11.3 Å². The first-order valence-corrected chi connectivity index (χ1v) is 13.1. The van der Waals surface area contributed by atoms with Crippen molar-refractivity contribution in [2.75, 3.05) is 47.1 Å². The fraction of sp³-hybridized carbons (Fsp3) is 0.419. The lowest BCUT2D eigenvalue weighted by atomic mass is 9.82. The highest BCUT2D eigenvalue weighted by molar-refractivity contribution is 5.45. The van der Waals surface area contributed by atoms with Crippen LogP contribution in [0.4, 0.5) is 0 Å². The van der Waals surface area contributed by atoms with E-state index >= 15 is 0 Å². The molecule has 5 rings (SSSR count). The standard InChI is InChI=1S/C31H38N2O3/c1-34-19-20-36-30-17-9-16-29(35-2)27(30)22-32-21-26-15-10-18-33(26)28(23-32)31(24-11-5-3-6-12-24)25-13-7-4-8-14-25/h3-9,11-14,16-17,26,28,31H,10,15,18-23H2,1-2H3/t26-,28-/m0/s1. The minimum absolute atomic E-state index is 0.325. The molecule has 3 aromatic carbocycles. The Balaban J connectivity index is 1.46. The Morgan fingerprint density at radius 3 is 2.17 bits per heavy atom. The van der Waals surface area contributed by atoms with Crippen LogP contribution in [0.5, 0.6) is 11.5 Å². The molecule has 2 aliphatic heterocycles. The number of hydrogen-bond acceptors (Lipinski definition) is 5. The van der Waals surface area contributed by atoms with Gasteiger partial charge in [-0.1, -0.05) is 66.7 Å². The van der Waals surface area contributed by atoms with Crippen molar-refractivity contribution < 1.29 is 14.2 Å². The van der Waals surface area contributed by atoms with E-state index in [2.05, 4.69) is 70.5 Å². The molecule has 0 bridgehead atoms. The quantitative estimate of drug-likeness (QED) is 0.368. The first-order valence-electron chi connectivity index (χ1n) is 13.1. The maximum atomic E-state index is 6.12. The summed E-state index contributed by atoms with van der Waals surface area (Å²) in [6.45, 7) is 5.15.